The summed E-state index contributed by atoms with van der Waals surface area (Å²) in [7, 11) is 0. The van der Waals surface area contributed by atoms with Crippen molar-refractivity contribution in [3.63, 3.8) is 0 Å². The first kappa shape index (κ1) is 18.1. The van der Waals surface area contributed by atoms with Crippen LogP contribution >= 0.6 is 0 Å². The summed E-state index contributed by atoms with van der Waals surface area (Å²) in [5.41, 5.74) is -0.304. The molecule has 1 aliphatic heterocycles. The zero-order valence-electron chi connectivity index (χ0n) is 14.7. The van der Waals surface area contributed by atoms with Gasteiger partial charge in [-0.25, -0.2) is 0 Å². The molecule has 7 heteroatoms. The molecule has 26 heavy (non-hydrogen) atoms. The molecular weight excluding hydrogens is 336 g/mol. The quantitative estimate of drug-likeness (QED) is 0.845. The second kappa shape index (κ2) is 7.70. The Morgan fingerprint density at radius 3 is 2.69 bits per heavy atom. The summed E-state index contributed by atoms with van der Waals surface area (Å²) >= 11 is 0. The Labute approximate surface area is 151 Å². The van der Waals surface area contributed by atoms with Gasteiger partial charge in [0.05, 0.1) is 0 Å². The fraction of sp³-hybridized carbons (Fsp3) is 0.421. The van der Waals surface area contributed by atoms with Gasteiger partial charge in [0.25, 0.3) is 0 Å². The van der Waals surface area contributed by atoms with Gasteiger partial charge in [0.1, 0.15) is 5.76 Å². The molecule has 2 aromatic heterocycles. The van der Waals surface area contributed by atoms with Crippen LogP contribution in [0.5, 0.6) is 5.75 Å². The molecule has 1 fully saturated rings. The first-order chi connectivity index (χ1) is 12.5. The minimum atomic E-state index is -0.754. The minimum Gasteiger partial charge on any atom is -0.502 e. The maximum Gasteiger partial charge on any atom is 0.227 e. The predicted molar refractivity (Wildman–Crippen MR) is 93.8 cm³/mol. The van der Waals surface area contributed by atoms with Crippen LogP contribution in [0.2, 0.25) is 0 Å². The van der Waals surface area contributed by atoms with E-state index in [1.807, 2.05) is 12.1 Å². The number of aromatic nitrogens is 1. The number of carbonyl (C=O) groups is 1. The van der Waals surface area contributed by atoms with E-state index in [4.69, 9.17) is 9.15 Å². The minimum absolute atomic E-state index is 0.112. The third-order valence-electron chi connectivity index (χ3n) is 4.72. The number of aryl methyl sites for hydroxylation is 1. The van der Waals surface area contributed by atoms with Crippen LogP contribution in [-0.2, 0) is 21.5 Å². The highest BCUT2D eigenvalue weighted by Crippen LogP contribution is 2.41. The average Bonchev–Trinajstić information content (AvgIpc) is 2.64. The number of pyridine rings is 1. The molecule has 0 radical (unpaired) electrons. The van der Waals surface area contributed by atoms with Crippen LogP contribution in [0.1, 0.15) is 36.3 Å². The summed E-state index contributed by atoms with van der Waals surface area (Å²) in [6, 6.07) is 4.90. The number of carbonyl (C=O) groups excluding carboxylic acids is 1. The first-order valence-corrected chi connectivity index (χ1v) is 8.58. The molecule has 2 aromatic rings. The van der Waals surface area contributed by atoms with Gasteiger partial charge in [0, 0.05) is 50.1 Å². The lowest BCUT2D eigenvalue weighted by atomic mass is 9.74. The molecule has 0 aromatic carbocycles. The zero-order chi connectivity index (χ0) is 18.6. The van der Waals surface area contributed by atoms with Crippen molar-refractivity contribution in [3.8, 4) is 5.75 Å². The third kappa shape index (κ3) is 3.94. The van der Waals surface area contributed by atoms with Crippen LogP contribution in [-0.4, -0.2) is 29.2 Å². The lowest BCUT2D eigenvalue weighted by Crippen LogP contribution is -2.40. The Kier molecular flexibility index (Phi) is 5.37. The molecule has 0 spiro atoms. The van der Waals surface area contributed by atoms with Crippen molar-refractivity contribution in [2.45, 2.75) is 38.1 Å². The molecule has 1 saturated heterocycles. The molecule has 0 bridgehead atoms. The molecule has 0 saturated carbocycles. The van der Waals surface area contributed by atoms with Crippen molar-refractivity contribution >= 4 is 5.91 Å². The number of hydrogen-bond acceptors (Lipinski definition) is 6. The molecule has 3 rings (SSSR count). The van der Waals surface area contributed by atoms with Crippen LogP contribution < -0.4 is 10.7 Å². The lowest BCUT2D eigenvalue weighted by Gasteiger charge is -2.35. The van der Waals surface area contributed by atoms with Crippen LogP contribution in [0, 0.1) is 6.92 Å². The smallest absolute Gasteiger partial charge is 0.227 e. The van der Waals surface area contributed by atoms with E-state index in [0.717, 1.165) is 5.56 Å². The molecule has 1 aliphatic rings. The van der Waals surface area contributed by atoms with Crippen molar-refractivity contribution in [1.82, 2.24) is 10.3 Å². The molecule has 1 amide bonds. The maximum absolute atomic E-state index is 12.6. The van der Waals surface area contributed by atoms with E-state index in [9.17, 15) is 14.7 Å². The summed E-state index contributed by atoms with van der Waals surface area (Å²) in [4.78, 5) is 28.5. The maximum atomic E-state index is 12.6. The van der Waals surface area contributed by atoms with Gasteiger partial charge < -0.3 is 19.6 Å². The highest BCUT2D eigenvalue weighted by molar-refractivity contribution is 5.77. The largest absolute Gasteiger partial charge is 0.502 e. The molecule has 0 aliphatic carbocycles. The number of aromatic hydroxyl groups is 1. The topological polar surface area (TPSA) is 102 Å². The van der Waals surface area contributed by atoms with Crippen molar-refractivity contribution in [1.29, 1.82) is 0 Å². The number of hydrogen-bond donors (Lipinski definition) is 2. The highest BCUT2D eigenvalue weighted by Gasteiger charge is 2.41. The summed E-state index contributed by atoms with van der Waals surface area (Å²) in [5, 5.41) is 13.2. The molecular formula is C19H22N2O5. The van der Waals surface area contributed by atoms with Crippen LogP contribution in [0.3, 0.4) is 0 Å². The number of nitrogens with zero attached hydrogens (tertiary/aromatic N) is 1. The Balaban J connectivity index is 1.82. The van der Waals surface area contributed by atoms with Crippen molar-refractivity contribution in [2.75, 3.05) is 13.2 Å². The normalized spacial score (nSPS) is 16.2. The molecule has 2 N–H and O–H groups in total. The van der Waals surface area contributed by atoms with Crippen molar-refractivity contribution < 1.29 is 19.1 Å². The van der Waals surface area contributed by atoms with Gasteiger partial charge in [0.15, 0.2) is 5.76 Å². The van der Waals surface area contributed by atoms with Gasteiger partial charge in [0.2, 0.25) is 17.1 Å². The molecule has 0 atom stereocenters. The number of rotatable bonds is 5. The summed E-state index contributed by atoms with van der Waals surface area (Å²) in [6.07, 6.45) is 4.44. The van der Waals surface area contributed by atoms with Crippen molar-refractivity contribution in [3.05, 3.63) is 57.9 Å². The average molecular weight is 358 g/mol. The van der Waals surface area contributed by atoms with E-state index in [0.29, 0.717) is 38.4 Å². The number of amides is 1. The van der Waals surface area contributed by atoms with E-state index in [1.54, 1.807) is 19.3 Å². The summed E-state index contributed by atoms with van der Waals surface area (Å²) in [6.45, 7) is 2.92. The fourth-order valence-corrected chi connectivity index (χ4v) is 3.28. The second-order valence-corrected chi connectivity index (χ2v) is 6.60. The lowest BCUT2D eigenvalue weighted by molar-refractivity contribution is -0.123. The van der Waals surface area contributed by atoms with Crippen LogP contribution in [0.25, 0.3) is 0 Å². The van der Waals surface area contributed by atoms with Gasteiger partial charge in [-0.1, -0.05) is 0 Å². The van der Waals surface area contributed by atoms with E-state index in [-0.39, 0.29) is 18.1 Å². The van der Waals surface area contributed by atoms with Gasteiger partial charge >= 0.3 is 0 Å². The monoisotopic (exact) mass is 358 g/mol. The van der Waals surface area contributed by atoms with Crippen molar-refractivity contribution in [2.24, 2.45) is 0 Å². The molecule has 7 nitrogen and oxygen atoms in total. The zero-order valence-corrected chi connectivity index (χ0v) is 14.7. The standard InChI is InChI=1S/C19H22N2O5/c1-13-10-15(22)17(24)18(26-13)19(4-8-25-9-5-19)11-16(23)21-12-14-2-6-20-7-3-14/h2-3,6-7,10,24H,4-5,8-9,11-12H2,1H3,(H,21,23). The van der Waals surface area contributed by atoms with Gasteiger partial charge in [-0.3, -0.25) is 14.6 Å². The SMILES string of the molecule is Cc1cc(=O)c(O)c(C2(CC(=O)NCc3ccncc3)CCOCC2)o1. The number of ether oxygens (including phenoxy) is 1. The van der Waals surface area contributed by atoms with E-state index < -0.39 is 16.6 Å². The Morgan fingerprint density at radius 2 is 2.00 bits per heavy atom. The second-order valence-electron chi connectivity index (χ2n) is 6.60. The van der Waals surface area contributed by atoms with Gasteiger partial charge in [-0.05, 0) is 37.5 Å². The first-order valence-electron chi connectivity index (χ1n) is 8.58. The summed E-state index contributed by atoms with van der Waals surface area (Å²) in [5.74, 6) is 0.00224. The predicted octanol–water partition coefficient (Wildman–Crippen LogP) is 1.80. The Morgan fingerprint density at radius 1 is 1.31 bits per heavy atom. The third-order valence-corrected chi connectivity index (χ3v) is 4.72. The number of nitrogens with one attached hydrogen (secondary N) is 1. The summed E-state index contributed by atoms with van der Waals surface area (Å²) < 4.78 is 11.1. The van der Waals surface area contributed by atoms with Crippen LogP contribution in [0.15, 0.2) is 39.8 Å². The molecule has 3 heterocycles. The highest BCUT2D eigenvalue weighted by atomic mass is 16.5. The fourth-order valence-electron chi connectivity index (χ4n) is 3.28. The van der Waals surface area contributed by atoms with E-state index >= 15 is 0 Å². The van der Waals surface area contributed by atoms with Gasteiger partial charge in [-0.2, -0.15) is 0 Å². The molecule has 0 unspecified atom stereocenters. The van der Waals surface area contributed by atoms with Crippen LogP contribution in [0.4, 0.5) is 0 Å². The van der Waals surface area contributed by atoms with Gasteiger partial charge in [-0.15, -0.1) is 0 Å². The molecule has 138 valence electrons. The Hall–Kier alpha value is -2.67. The van der Waals surface area contributed by atoms with E-state index in [2.05, 4.69) is 10.3 Å². The Bertz CT molecular complexity index is 826. The van der Waals surface area contributed by atoms with E-state index in [1.165, 1.54) is 6.07 Å².